The summed E-state index contributed by atoms with van der Waals surface area (Å²) in [5.74, 6) is -2.43. The summed E-state index contributed by atoms with van der Waals surface area (Å²) in [6.45, 7) is 0.542. The van der Waals surface area contributed by atoms with E-state index < -0.39 is 35.5 Å². The Bertz CT molecular complexity index is 1070. The minimum atomic E-state index is -1.45. The van der Waals surface area contributed by atoms with Gasteiger partial charge < -0.3 is 30.0 Å². The third-order valence-electron chi connectivity index (χ3n) is 6.86. The highest BCUT2D eigenvalue weighted by Crippen LogP contribution is 2.44. The van der Waals surface area contributed by atoms with Gasteiger partial charge in [-0.2, -0.15) is 0 Å². The molecule has 3 atom stereocenters. The molecule has 9 heteroatoms. The van der Waals surface area contributed by atoms with Crippen LogP contribution in [0.3, 0.4) is 0 Å². The number of carbonyl (C=O) groups is 3. The number of ether oxygens (including phenoxy) is 3. The van der Waals surface area contributed by atoms with E-state index in [9.17, 15) is 19.5 Å². The maximum absolute atomic E-state index is 12.8. The molecule has 0 spiro atoms. The Morgan fingerprint density at radius 2 is 1.68 bits per heavy atom. The molecular formula is C25H26N2O7. The van der Waals surface area contributed by atoms with Crippen LogP contribution in [0.1, 0.15) is 23.5 Å². The number of fused-ring (bicyclic) bond motifs is 3. The molecule has 3 N–H and O–H groups in total. The van der Waals surface area contributed by atoms with Crippen LogP contribution >= 0.6 is 0 Å². The average molecular weight is 466 g/mol. The lowest BCUT2D eigenvalue weighted by molar-refractivity contribution is -0.148. The van der Waals surface area contributed by atoms with Crippen molar-refractivity contribution in [1.82, 2.24) is 10.6 Å². The number of carboxylic acids is 1. The number of nitrogens with one attached hydrogen (secondary N) is 2. The van der Waals surface area contributed by atoms with Crippen molar-refractivity contribution in [3.8, 4) is 11.1 Å². The zero-order valence-electron chi connectivity index (χ0n) is 18.5. The third kappa shape index (κ3) is 4.01. The molecule has 2 aromatic carbocycles. The number of hydrogen-bond acceptors (Lipinski definition) is 6. The minimum absolute atomic E-state index is 0.0742. The van der Waals surface area contributed by atoms with Crippen LogP contribution in [-0.4, -0.2) is 67.7 Å². The van der Waals surface area contributed by atoms with Crippen molar-refractivity contribution >= 4 is 18.0 Å². The number of rotatable bonds is 6. The van der Waals surface area contributed by atoms with Crippen molar-refractivity contribution in [3.63, 3.8) is 0 Å². The fourth-order valence-electron chi connectivity index (χ4n) is 4.96. The number of hydrogen-bond donors (Lipinski definition) is 3. The SMILES string of the molecule is O=C(NC1COCC1C(=O)NC1(C(=O)O)CCOC1)OCC1c2ccccc2-c2ccccc21. The molecule has 3 aliphatic rings. The first-order chi connectivity index (χ1) is 16.5. The van der Waals surface area contributed by atoms with Crippen LogP contribution in [0.25, 0.3) is 11.1 Å². The van der Waals surface area contributed by atoms with Crippen molar-refractivity contribution in [2.45, 2.75) is 23.9 Å². The molecule has 2 fully saturated rings. The first-order valence-electron chi connectivity index (χ1n) is 11.3. The average Bonchev–Trinajstić information content (AvgIpc) is 3.56. The standard InChI is InChI=1S/C25H26N2O7/c28-22(27-25(23(29)30)9-10-32-14-25)20-11-33-13-21(20)26-24(31)34-12-19-17-7-3-1-5-15(17)16-6-2-4-8-18(16)19/h1-8,19-21H,9-14H2,(H,26,31)(H,27,28)(H,29,30). The molecule has 1 aliphatic carbocycles. The van der Waals surface area contributed by atoms with E-state index in [0.29, 0.717) is 0 Å². The van der Waals surface area contributed by atoms with Gasteiger partial charge in [-0.1, -0.05) is 48.5 Å². The lowest BCUT2D eigenvalue weighted by Crippen LogP contribution is -2.58. The van der Waals surface area contributed by atoms with E-state index in [4.69, 9.17) is 14.2 Å². The highest BCUT2D eigenvalue weighted by molar-refractivity contribution is 5.89. The van der Waals surface area contributed by atoms with E-state index in [1.807, 2.05) is 36.4 Å². The highest BCUT2D eigenvalue weighted by Gasteiger charge is 2.47. The van der Waals surface area contributed by atoms with Gasteiger partial charge in [-0.05, 0) is 22.3 Å². The molecule has 2 aliphatic heterocycles. The molecule has 3 unspecified atom stereocenters. The van der Waals surface area contributed by atoms with Crippen molar-refractivity contribution in [3.05, 3.63) is 59.7 Å². The summed E-state index contributed by atoms with van der Waals surface area (Å²) in [7, 11) is 0. The maximum atomic E-state index is 12.8. The van der Waals surface area contributed by atoms with Crippen molar-refractivity contribution in [2.24, 2.45) is 5.92 Å². The molecule has 2 aromatic rings. The summed E-state index contributed by atoms with van der Waals surface area (Å²) in [5, 5.41) is 14.9. The molecule has 0 saturated carbocycles. The molecule has 0 aromatic heterocycles. The monoisotopic (exact) mass is 466 g/mol. The van der Waals surface area contributed by atoms with E-state index in [1.165, 1.54) is 0 Å². The van der Waals surface area contributed by atoms with Gasteiger partial charge in [0.15, 0.2) is 5.54 Å². The molecule has 2 amide bonds. The van der Waals surface area contributed by atoms with Gasteiger partial charge in [0.1, 0.15) is 6.61 Å². The normalized spacial score (nSPS) is 25.4. The zero-order valence-corrected chi connectivity index (χ0v) is 18.5. The van der Waals surface area contributed by atoms with Crippen LogP contribution in [0.4, 0.5) is 4.79 Å². The topological polar surface area (TPSA) is 123 Å². The Balaban J connectivity index is 1.21. The predicted octanol–water partition coefficient (Wildman–Crippen LogP) is 1.90. The lowest BCUT2D eigenvalue weighted by Gasteiger charge is -2.27. The third-order valence-corrected chi connectivity index (χ3v) is 6.86. The molecule has 2 saturated heterocycles. The fourth-order valence-corrected chi connectivity index (χ4v) is 4.96. The van der Waals surface area contributed by atoms with E-state index >= 15 is 0 Å². The number of carboxylic acid groups (broad SMARTS) is 1. The van der Waals surface area contributed by atoms with Crippen molar-refractivity contribution < 1.29 is 33.7 Å². The van der Waals surface area contributed by atoms with E-state index in [-0.39, 0.29) is 45.4 Å². The van der Waals surface area contributed by atoms with E-state index in [0.717, 1.165) is 22.3 Å². The first kappa shape index (κ1) is 22.4. The van der Waals surface area contributed by atoms with Crippen molar-refractivity contribution in [2.75, 3.05) is 33.0 Å². The Morgan fingerprint density at radius 3 is 2.29 bits per heavy atom. The number of benzene rings is 2. The molecule has 9 nitrogen and oxygen atoms in total. The van der Waals surface area contributed by atoms with Gasteiger partial charge in [0.05, 0.1) is 31.8 Å². The van der Waals surface area contributed by atoms with Gasteiger partial charge in [-0.25, -0.2) is 9.59 Å². The quantitative estimate of drug-likeness (QED) is 0.594. The Labute approximate surface area is 196 Å². The minimum Gasteiger partial charge on any atom is -0.479 e. The molecule has 178 valence electrons. The summed E-state index contributed by atoms with van der Waals surface area (Å²) in [5.41, 5.74) is 3.03. The predicted molar refractivity (Wildman–Crippen MR) is 120 cm³/mol. The second kappa shape index (κ2) is 9.08. The largest absolute Gasteiger partial charge is 0.479 e. The molecular weight excluding hydrogens is 440 g/mol. The molecule has 5 rings (SSSR count). The van der Waals surface area contributed by atoms with Crippen LogP contribution in [0, 0.1) is 5.92 Å². The first-order valence-corrected chi connectivity index (χ1v) is 11.3. The number of alkyl carbamates (subject to hydrolysis) is 1. The number of carbonyl (C=O) groups excluding carboxylic acids is 2. The van der Waals surface area contributed by atoms with Crippen LogP contribution < -0.4 is 10.6 Å². The summed E-state index contributed by atoms with van der Waals surface area (Å²) >= 11 is 0. The highest BCUT2D eigenvalue weighted by atomic mass is 16.5. The Kier molecular flexibility index (Phi) is 5.97. The van der Waals surface area contributed by atoms with Crippen LogP contribution in [0.15, 0.2) is 48.5 Å². The maximum Gasteiger partial charge on any atom is 0.407 e. The summed E-state index contributed by atoms with van der Waals surface area (Å²) < 4.78 is 16.2. The lowest BCUT2D eigenvalue weighted by atomic mass is 9.95. The van der Waals surface area contributed by atoms with Gasteiger partial charge in [-0.3, -0.25) is 4.79 Å². The fraction of sp³-hybridized carbons (Fsp3) is 0.400. The second-order valence-corrected chi connectivity index (χ2v) is 8.90. The number of aliphatic carboxylic acids is 1. The summed E-state index contributed by atoms with van der Waals surface area (Å²) in [6, 6.07) is 15.5. The van der Waals surface area contributed by atoms with Gasteiger partial charge in [-0.15, -0.1) is 0 Å². The van der Waals surface area contributed by atoms with Gasteiger partial charge in [0.25, 0.3) is 0 Å². The number of amides is 2. The summed E-state index contributed by atoms with van der Waals surface area (Å²) in [4.78, 5) is 37.2. The van der Waals surface area contributed by atoms with E-state index in [2.05, 4.69) is 22.8 Å². The van der Waals surface area contributed by atoms with Gasteiger partial charge >= 0.3 is 12.1 Å². The van der Waals surface area contributed by atoms with Crippen LogP contribution in [0.5, 0.6) is 0 Å². The molecule has 2 heterocycles. The second-order valence-electron chi connectivity index (χ2n) is 8.90. The Morgan fingerprint density at radius 1 is 1.00 bits per heavy atom. The zero-order chi connectivity index (χ0) is 23.7. The summed E-state index contributed by atoms with van der Waals surface area (Å²) in [6.07, 6.45) is -0.459. The Hall–Kier alpha value is -3.43. The van der Waals surface area contributed by atoms with Gasteiger partial charge in [0.2, 0.25) is 5.91 Å². The van der Waals surface area contributed by atoms with Crippen molar-refractivity contribution in [1.29, 1.82) is 0 Å². The van der Waals surface area contributed by atoms with E-state index in [1.54, 1.807) is 0 Å². The van der Waals surface area contributed by atoms with Gasteiger partial charge in [0, 0.05) is 18.9 Å². The van der Waals surface area contributed by atoms with Crippen LogP contribution in [0.2, 0.25) is 0 Å². The molecule has 0 radical (unpaired) electrons. The van der Waals surface area contributed by atoms with Crippen LogP contribution in [-0.2, 0) is 23.8 Å². The smallest absolute Gasteiger partial charge is 0.407 e. The molecule has 0 bridgehead atoms. The molecule has 34 heavy (non-hydrogen) atoms.